The first kappa shape index (κ1) is 20.5. The van der Waals surface area contributed by atoms with Gasteiger partial charge >= 0.3 is 0 Å². The molecule has 6 heteroatoms. The second kappa shape index (κ2) is 11.0. The smallest absolute Gasteiger partial charge is 0.193 e. The molecule has 1 atom stereocenters. The van der Waals surface area contributed by atoms with Crippen molar-refractivity contribution in [2.75, 3.05) is 53.0 Å². The molecular formula is C19H31IN4O. The van der Waals surface area contributed by atoms with Crippen molar-refractivity contribution in [2.24, 2.45) is 4.99 Å². The van der Waals surface area contributed by atoms with Crippen molar-refractivity contribution in [1.29, 1.82) is 0 Å². The molecule has 2 saturated heterocycles. The molecular weight excluding hydrogens is 427 g/mol. The number of ether oxygens (including phenoxy) is 1. The minimum absolute atomic E-state index is 0. The molecule has 5 nitrogen and oxygen atoms in total. The van der Waals surface area contributed by atoms with Gasteiger partial charge in [-0.05, 0) is 24.8 Å². The number of nitrogens with zero attached hydrogens (tertiary/aromatic N) is 3. The monoisotopic (exact) mass is 458 g/mol. The summed E-state index contributed by atoms with van der Waals surface area (Å²) in [6, 6.07) is 11.3. The molecule has 0 aromatic heterocycles. The van der Waals surface area contributed by atoms with E-state index in [1.54, 1.807) is 0 Å². The number of hydrogen-bond donors (Lipinski definition) is 1. The number of rotatable bonds is 5. The molecule has 0 radical (unpaired) electrons. The number of likely N-dealkylation sites (tertiary alicyclic amines) is 1. The van der Waals surface area contributed by atoms with Crippen LogP contribution in [0.1, 0.15) is 18.4 Å². The highest BCUT2D eigenvalue weighted by molar-refractivity contribution is 14.0. The largest absolute Gasteiger partial charge is 0.379 e. The van der Waals surface area contributed by atoms with Gasteiger partial charge in [0.1, 0.15) is 0 Å². The Bertz CT molecular complexity index is 519. The zero-order chi connectivity index (χ0) is 16.6. The van der Waals surface area contributed by atoms with Crippen LogP contribution < -0.4 is 5.32 Å². The van der Waals surface area contributed by atoms with Crippen LogP contribution in [0.2, 0.25) is 0 Å². The van der Waals surface area contributed by atoms with Gasteiger partial charge < -0.3 is 15.0 Å². The van der Waals surface area contributed by atoms with Crippen LogP contribution in [0, 0.1) is 0 Å². The normalized spacial score (nSPS) is 21.9. The third-order valence-electron chi connectivity index (χ3n) is 5.00. The Kier molecular flexibility index (Phi) is 8.98. The zero-order valence-electron chi connectivity index (χ0n) is 15.2. The van der Waals surface area contributed by atoms with Gasteiger partial charge in [0.2, 0.25) is 0 Å². The van der Waals surface area contributed by atoms with E-state index in [1.165, 1.54) is 12.0 Å². The van der Waals surface area contributed by atoms with Crippen LogP contribution in [0.25, 0.3) is 0 Å². The molecule has 2 aliphatic rings. The van der Waals surface area contributed by atoms with E-state index in [1.807, 2.05) is 7.05 Å². The maximum absolute atomic E-state index is 5.47. The molecule has 0 bridgehead atoms. The lowest BCUT2D eigenvalue weighted by Gasteiger charge is -2.32. The lowest BCUT2D eigenvalue weighted by molar-refractivity contribution is 0.0195. The van der Waals surface area contributed by atoms with Crippen molar-refractivity contribution >= 4 is 29.9 Å². The maximum Gasteiger partial charge on any atom is 0.193 e. The minimum Gasteiger partial charge on any atom is -0.379 e. The summed E-state index contributed by atoms with van der Waals surface area (Å²) in [5, 5.41) is 3.54. The first-order valence-electron chi connectivity index (χ1n) is 9.18. The highest BCUT2D eigenvalue weighted by Crippen LogP contribution is 2.17. The lowest BCUT2D eigenvalue weighted by atomic mass is 10.1. The Balaban J connectivity index is 0.00000225. The van der Waals surface area contributed by atoms with Gasteiger partial charge in [-0.3, -0.25) is 9.89 Å². The van der Waals surface area contributed by atoms with Gasteiger partial charge in [0, 0.05) is 45.8 Å². The second-order valence-corrected chi connectivity index (χ2v) is 6.60. The van der Waals surface area contributed by atoms with E-state index < -0.39 is 0 Å². The van der Waals surface area contributed by atoms with Gasteiger partial charge in [0.05, 0.1) is 13.2 Å². The van der Waals surface area contributed by atoms with Crippen LogP contribution in [0.3, 0.4) is 0 Å². The Morgan fingerprint density at radius 3 is 2.68 bits per heavy atom. The molecule has 0 aliphatic carbocycles. The van der Waals surface area contributed by atoms with Gasteiger partial charge in [0.25, 0.3) is 0 Å². The summed E-state index contributed by atoms with van der Waals surface area (Å²) in [6.07, 6.45) is 3.47. The van der Waals surface area contributed by atoms with Crippen LogP contribution in [0.15, 0.2) is 35.3 Å². The maximum atomic E-state index is 5.47. The van der Waals surface area contributed by atoms with Crippen LogP contribution in [-0.4, -0.2) is 74.8 Å². The summed E-state index contributed by atoms with van der Waals surface area (Å²) in [5.74, 6) is 1.05. The summed E-state index contributed by atoms with van der Waals surface area (Å²) in [6.45, 7) is 7.05. The van der Waals surface area contributed by atoms with Crippen molar-refractivity contribution in [3.8, 4) is 0 Å². The Hall–Kier alpha value is -0.860. The number of benzene rings is 1. The number of hydrogen-bond acceptors (Lipinski definition) is 3. The van der Waals surface area contributed by atoms with Crippen molar-refractivity contribution in [3.63, 3.8) is 0 Å². The minimum atomic E-state index is 0. The molecule has 140 valence electrons. The molecule has 2 aliphatic heterocycles. The molecule has 2 fully saturated rings. The van der Waals surface area contributed by atoms with E-state index in [9.17, 15) is 0 Å². The van der Waals surface area contributed by atoms with E-state index in [0.29, 0.717) is 6.04 Å². The van der Waals surface area contributed by atoms with Crippen LogP contribution in [0.5, 0.6) is 0 Å². The quantitative estimate of drug-likeness (QED) is 0.318. The summed E-state index contributed by atoms with van der Waals surface area (Å²) in [7, 11) is 1.89. The average Bonchev–Trinajstić information content (AvgIpc) is 3.13. The molecule has 2 heterocycles. The second-order valence-electron chi connectivity index (χ2n) is 6.60. The van der Waals surface area contributed by atoms with E-state index in [2.05, 4.69) is 50.4 Å². The number of aliphatic imine (C=N–C) groups is 1. The molecule has 0 spiro atoms. The molecule has 1 aromatic carbocycles. The number of nitrogens with one attached hydrogen (secondary N) is 1. The zero-order valence-corrected chi connectivity index (χ0v) is 17.5. The molecule has 1 N–H and O–H groups in total. The highest BCUT2D eigenvalue weighted by atomic mass is 127. The molecule has 25 heavy (non-hydrogen) atoms. The standard InChI is InChI=1S/C19H30N4O.HI/c1-20-19(21-10-5-8-17-6-3-2-4-7-17)23-11-9-18(16-23)22-12-14-24-15-13-22;/h2-4,6-7,18H,5,8-16H2,1H3,(H,20,21);1H. The fourth-order valence-electron chi connectivity index (χ4n) is 3.64. The molecule has 1 aromatic rings. The first-order valence-corrected chi connectivity index (χ1v) is 9.18. The number of morpholine rings is 1. The number of halogens is 1. The first-order chi connectivity index (χ1) is 11.9. The molecule has 0 amide bonds. The predicted molar refractivity (Wildman–Crippen MR) is 114 cm³/mol. The van der Waals surface area contributed by atoms with Crippen molar-refractivity contribution in [1.82, 2.24) is 15.1 Å². The van der Waals surface area contributed by atoms with Gasteiger partial charge in [-0.1, -0.05) is 30.3 Å². The molecule has 1 unspecified atom stereocenters. The Morgan fingerprint density at radius 1 is 1.20 bits per heavy atom. The predicted octanol–water partition coefficient (Wildman–Crippen LogP) is 2.22. The van der Waals surface area contributed by atoms with Crippen LogP contribution in [-0.2, 0) is 11.2 Å². The molecule has 3 rings (SSSR count). The van der Waals surface area contributed by atoms with Gasteiger partial charge in [-0.2, -0.15) is 0 Å². The van der Waals surface area contributed by atoms with E-state index >= 15 is 0 Å². The number of guanidine groups is 1. The van der Waals surface area contributed by atoms with Gasteiger partial charge in [-0.15, -0.1) is 24.0 Å². The topological polar surface area (TPSA) is 40.1 Å². The lowest BCUT2D eigenvalue weighted by Crippen LogP contribution is -2.46. The summed E-state index contributed by atoms with van der Waals surface area (Å²) >= 11 is 0. The van der Waals surface area contributed by atoms with Crippen LogP contribution >= 0.6 is 24.0 Å². The number of aryl methyl sites for hydroxylation is 1. The fourth-order valence-corrected chi connectivity index (χ4v) is 3.64. The third kappa shape index (κ3) is 6.11. The molecule has 0 saturated carbocycles. The SMILES string of the molecule is CN=C(NCCCc1ccccc1)N1CCC(N2CCOCC2)C1.I. The van der Waals surface area contributed by atoms with Crippen LogP contribution in [0.4, 0.5) is 0 Å². The van der Waals surface area contributed by atoms with E-state index in [0.717, 1.165) is 64.7 Å². The summed E-state index contributed by atoms with van der Waals surface area (Å²) in [4.78, 5) is 9.46. The fraction of sp³-hybridized carbons (Fsp3) is 0.632. The van der Waals surface area contributed by atoms with Crippen molar-refractivity contribution < 1.29 is 4.74 Å². The third-order valence-corrected chi connectivity index (χ3v) is 5.00. The summed E-state index contributed by atoms with van der Waals surface area (Å²) in [5.41, 5.74) is 1.41. The van der Waals surface area contributed by atoms with E-state index in [-0.39, 0.29) is 24.0 Å². The van der Waals surface area contributed by atoms with Gasteiger partial charge in [0.15, 0.2) is 5.96 Å². The Morgan fingerprint density at radius 2 is 1.96 bits per heavy atom. The Labute approximate surface area is 168 Å². The highest BCUT2D eigenvalue weighted by Gasteiger charge is 2.30. The average molecular weight is 458 g/mol. The summed E-state index contributed by atoms with van der Waals surface area (Å²) < 4.78 is 5.47. The van der Waals surface area contributed by atoms with Gasteiger partial charge in [-0.25, -0.2) is 0 Å². The van der Waals surface area contributed by atoms with Crippen molar-refractivity contribution in [2.45, 2.75) is 25.3 Å². The van der Waals surface area contributed by atoms with Crippen molar-refractivity contribution in [3.05, 3.63) is 35.9 Å². The van der Waals surface area contributed by atoms with E-state index in [4.69, 9.17) is 4.74 Å².